The van der Waals surface area contributed by atoms with E-state index in [4.69, 9.17) is 0 Å². The summed E-state index contributed by atoms with van der Waals surface area (Å²) < 4.78 is 43.0. The molecule has 2 heterocycles. The summed E-state index contributed by atoms with van der Waals surface area (Å²) in [6.45, 7) is -0.0791. The smallest absolute Gasteiger partial charge is 0.283 e. The van der Waals surface area contributed by atoms with Gasteiger partial charge in [-0.15, -0.1) is 5.10 Å². The first-order valence-electron chi connectivity index (χ1n) is 8.89. The largest absolute Gasteiger partial charge is 0.292 e. The Morgan fingerprint density at radius 2 is 2.03 bits per heavy atom. The molecule has 4 rings (SSSR count). The van der Waals surface area contributed by atoms with Crippen LogP contribution in [-0.4, -0.2) is 30.5 Å². The number of hydrogen-bond donors (Lipinski definition) is 1. The summed E-state index contributed by atoms with van der Waals surface area (Å²) in [6.07, 6.45) is 0.381. The number of carbonyl (C=O) groups excluding carboxylic acids is 1. The maximum absolute atomic E-state index is 13.7. The molecule has 0 aliphatic heterocycles. The van der Waals surface area contributed by atoms with Gasteiger partial charge in [0.1, 0.15) is 24.4 Å². The number of hydrogen-bond acceptors (Lipinski definition) is 4. The van der Waals surface area contributed by atoms with E-state index in [1.807, 2.05) is 0 Å². The highest BCUT2D eigenvalue weighted by Gasteiger charge is 2.34. The quantitative estimate of drug-likeness (QED) is 0.570. The maximum Gasteiger partial charge on any atom is 0.283 e. The van der Waals surface area contributed by atoms with E-state index < -0.39 is 12.3 Å². The second-order valence-electron chi connectivity index (χ2n) is 6.72. The van der Waals surface area contributed by atoms with Crippen molar-refractivity contribution in [3.05, 3.63) is 57.8 Å². The Labute approximate surface area is 172 Å². The molecular formula is C18H16BrF3N6O. The van der Waals surface area contributed by atoms with Crippen LogP contribution in [0.2, 0.25) is 0 Å². The molecule has 0 atom stereocenters. The van der Waals surface area contributed by atoms with E-state index in [2.05, 4.69) is 36.4 Å². The van der Waals surface area contributed by atoms with Gasteiger partial charge in [-0.05, 0) is 34.8 Å². The van der Waals surface area contributed by atoms with Crippen LogP contribution < -0.4 is 5.32 Å². The van der Waals surface area contributed by atoms with Crippen LogP contribution >= 0.6 is 15.9 Å². The van der Waals surface area contributed by atoms with Crippen LogP contribution in [0.3, 0.4) is 0 Å². The lowest BCUT2D eigenvalue weighted by atomic mass is 10.2. The van der Waals surface area contributed by atoms with Gasteiger partial charge in [0.25, 0.3) is 6.43 Å². The van der Waals surface area contributed by atoms with Gasteiger partial charge in [0.15, 0.2) is 0 Å². The number of carbonyl (C=O) groups is 1. The fourth-order valence-corrected chi connectivity index (χ4v) is 3.79. The first-order chi connectivity index (χ1) is 13.9. The lowest BCUT2D eigenvalue weighted by Crippen LogP contribution is -2.21. The summed E-state index contributed by atoms with van der Waals surface area (Å²) in [4.78, 5) is 16.3. The number of rotatable bonds is 7. The summed E-state index contributed by atoms with van der Waals surface area (Å²) in [6, 6.07) is 6.28. The molecule has 1 fully saturated rings. The molecule has 1 aromatic carbocycles. The first kappa shape index (κ1) is 19.6. The predicted molar refractivity (Wildman–Crippen MR) is 101 cm³/mol. The molecule has 1 N–H and O–H groups in total. The minimum atomic E-state index is -2.73. The van der Waals surface area contributed by atoms with E-state index in [-0.39, 0.29) is 40.9 Å². The van der Waals surface area contributed by atoms with Crippen LogP contribution in [0, 0.1) is 5.82 Å². The summed E-state index contributed by atoms with van der Waals surface area (Å²) in [7, 11) is 0. The monoisotopic (exact) mass is 468 g/mol. The lowest BCUT2D eigenvalue weighted by Gasteiger charge is -2.06. The Bertz CT molecular complexity index is 1050. The number of nitrogens with zero attached hydrogens (tertiary/aromatic N) is 5. The van der Waals surface area contributed by atoms with E-state index in [0.29, 0.717) is 11.3 Å². The number of alkyl halides is 2. The van der Waals surface area contributed by atoms with Crippen molar-refractivity contribution in [2.45, 2.75) is 38.3 Å². The van der Waals surface area contributed by atoms with Crippen LogP contribution in [0.15, 0.2) is 35.1 Å². The SMILES string of the molecule is O=C(Cn1nc(C(F)F)c(Br)c1C1CC1)Nc1ncn(Cc2ccccc2F)n1. The molecule has 2 aromatic heterocycles. The molecule has 0 spiro atoms. The molecule has 1 aliphatic rings. The topological polar surface area (TPSA) is 77.6 Å². The second kappa shape index (κ2) is 7.97. The molecule has 152 valence electrons. The first-order valence-corrected chi connectivity index (χ1v) is 9.68. The van der Waals surface area contributed by atoms with Crippen LogP contribution in [-0.2, 0) is 17.9 Å². The van der Waals surface area contributed by atoms with E-state index in [0.717, 1.165) is 12.8 Å². The fourth-order valence-electron chi connectivity index (χ4n) is 3.01. The molecule has 29 heavy (non-hydrogen) atoms. The van der Waals surface area contributed by atoms with E-state index >= 15 is 0 Å². The van der Waals surface area contributed by atoms with E-state index in [1.54, 1.807) is 18.2 Å². The number of amides is 1. The van der Waals surface area contributed by atoms with Gasteiger partial charge in [0.05, 0.1) is 16.7 Å². The molecule has 7 nitrogen and oxygen atoms in total. The van der Waals surface area contributed by atoms with Gasteiger partial charge in [-0.3, -0.25) is 14.8 Å². The predicted octanol–water partition coefficient (Wildman–Crippen LogP) is 3.88. The van der Waals surface area contributed by atoms with Gasteiger partial charge < -0.3 is 0 Å². The highest BCUT2D eigenvalue weighted by molar-refractivity contribution is 9.10. The van der Waals surface area contributed by atoms with Crippen LogP contribution in [0.25, 0.3) is 0 Å². The molecule has 0 bridgehead atoms. The molecule has 0 saturated heterocycles. The van der Waals surface area contributed by atoms with Gasteiger partial charge >= 0.3 is 0 Å². The number of halogens is 4. The van der Waals surface area contributed by atoms with Crippen molar-refractivity contribution in [2.24, 2.45) is 0 Å². The summed E-state index contributed by atoms with van der Waals surface area (Å²) >= 11 is 3.19. The Morgan fingerprint density at radius 1 is 1.28 bits per heavy atom. The van der Waals surface area contributed by atoms with Crippen molar-refractivity contribution in [2.75, 3.05) is 5.32 Å². The highest BCUT2D eigenvalue weighted by Crippen LogP contribution is 2.45. The van der Waals surface area contributed by atoms with Crippen molar-refractivity contribution < 1.29 is 18.0 Å². The van der Waals surface area contributed by atoms with Gasteiger partial charge in [-0.2, -0.15) is 5.10 Å². The van der Waals surface area contributed by atoms with E-state index in [9.17, 15) is 18.0 Å². The van der Waals surface area contributed by atoms with Crippen LogP contribution in [0.4, 0.5) is 19.1 Å². The minimum Gasteiger partial charge on any atom is -0.292 e. The summed E-state index contributed by atoms with van der Waals surface area (Å²) in [5, 5.41) is 10.5. The molecule has 1 saturated carbocycles. The van der Waals surface area contributed by atoms with E-state index in [1.165, 1.54) is 21.8 Å². The van der Waals surface area contributed by atoms with Crippen LogP contribution in [0.5, 0.6) is 0 Å². The van der Waals surface area contributed by atoms with Crippen molar-refractivity contribution in [1.82, 2.24) is 24.5 Å². The van der Waals surface area contributed by atoms with Gasteiger partial charge in [-0.25, -0.2) is 22.8 Å². The van der Waals surface area contributed by atoms with Gasteiger partial charge in [0, 0.05) is 11.5 Å². The summed E-state index contributed by atoms with van der Waals surface area (Å²) in [5.41, 5.74) is 0.672. The van der Waals surface area contributed by atoms with Gasteiger partial charge in [-0.1, -0.05) is 18.2 Å². The normalized spacial score (nSPS) is 13.8. The number of nitrogens with one attached hydrogen (secondary N) is 1. The number of benzene rings is 1. The third kappa shape index (κ3) is 4.34. The van der Waals surface area contributed by atoms with Crippen LogP contribution in [0.1, 0.15) is 42.1 Å². The fraction of sp³-hybridized carbons (Fsp3) is 0.333. The lowest BCUT2D eigenvalue weighted by molar-refractivity contribution is -0.117. The third-order valence-electron chi connectivity index (χ3n) is 4.50. The highest BCUT2D eigenvalue weighted by atomic mass is 79.9. The zero-order valence-corrected chi connectivity index (χ0v) is 16.6. The van der Waals surface area contributed by atoms with Crippen molar-refractivity contribution in [1.29, 1.82) is 0 Å². The Kier molecular flexibility index (Phi) is 5.39. The average molecular weight is 469 g/mol. The van der Waals surface area contributed by atoms with Gasteiger partial charge in [0.2, 0.25) is 11.9 Å². The minimum absolute atomic E-state index is 0.0413. The molecule has 1 aliphatic carbocycles. The zero-order chi connectivity index (χ0) is 20.5. The second-order valence-corrected chi connectivity index (χ2v) is 7.52. The van der Waals surface area contributed by atoms with Crippen molar-refractivity contribution in [3.63, 3.8) is 0 Å². The third-order valence-corrected chi connectivity index (χ3v) is 5.31. The maximum atomic E-state index is 13.7. The number of aromatic nitrogens is 5. The zero-order valence-electron chi connectivity index (χ0n) is 15.0. The molecule has 11 heteroatoms. The molecule has 0 radical (unpaired) electrons. The molecule has 1 amide bonds. The van der Waals surface area contributed by atoms with Crippen molar-refractivity contribution in [3.8, 4) is 0 Å². The molecule has 3 aromatic rings. The Hall–Kier alpha value is -2.69. The summed E-state index contributed by atoms with van der Waals surface area (Å²) in [5.74, 6) is -0.693. The Balaban J connectivity index is 1.44. The molecule has 0 unspecified atom stereocenters. The standard InChI is InChI=1S/C18H16BrF3N6O/c19-14-15(17(21)22)25-28(16(14)10-5-6-10)8-13(29)24-18-23-9-27(26-18)7-11-3-1-2-4-12(11)20/h1-4,9-10,17H,5-8H2,(H,24,26,29). The Morgan fingerprint density at radius 3 is 2.72 bits per heavy atom. The average Bonchev–Trinajstić information content (AvgIpc) is 3.32. The van der Waals surface area contributed by atoms with Crippen molar-refractivity contribution >= 4 is 27.8 Å². The number of anilines is 1. The molecular weight excluding hydrogens is 453 g/mol.